The molecule has 0 radical (unpaired) electrons. The van der Waals surface area contributed by atoms with Crippen molar-refractivity contribution < 1.29 is 0 Å². The zero-order chi connectivity index (χ0) is 7.90. The molecule has 0 spiro atoms. The Morgan fingerprint density at radius 3 is 2.55 bits per heavy atom. The van der Waals surface area contributed by atoms with E-state index in [9.17, 15) is 0 Å². The van der Waals surface area contributed by atoms with Crippen molar-refractivity contribution in [1.29, 1.82) is 0 Å². The Bertz CT molecular complexity index is 146. The van der Waals surface area contributed by atoms with Crippen LogP contribution in [-0.4, -0.2) is 0 Å². The van der Waals surface area contributed by atoms with E-state index in [0.717, 1.165) is 11.8 Å². The molecule has 0 N–H and O–H groups in total. The molecule has 0 heteroatoms. The zero-order valence-electron chi connectivity index (χ0n) is 7.90. The Balaban J connectivity index is 2.05. The summed E-state index contributed by atoms with van der Waals surface area (Å²) in [4.78, 5) is 0. The molecular formula is C11H20. The van der Waals surface area contributed by atoms with E-state index in [4.69, 9.17) is 0 Å². The molecule has 2 atom stereocenters. The van der Waals surface area contributed by atoms with Crippen LogP contribution in [0.3, 0.4) is 0 Å². The van der Waals surface area contributed by atoms with Crippen LogP contribution >= 0.6 is 0 Å². The number of hydrogen-bond acceptors (Lipinski definition) is 0. The van der Waals surface area contributed by atoms with Crippen LogP contribution in [0.15, 0.2) is 0 Å². The molecule has 2 aliphatic carbocycles. The monoisotopic (exact) mass is 152 g/mol. The minimum Gasteiger partial charge on any atom is -0.0599 e. The lowest BCUT2D eigenvalue weighted by Gasteiger charge is -2.26. The molecule has 2 rings (SSSR count). The Morgan fingerprint density at radius 1 is 1.00 bits per heavy atom. The maximum atomic E-state index is 2.45. The highest BCUT2D eigenvalue weighted by molar-refractivity contribution is 4.85. The van der Waals surface area contributed by atoms with Crippen molar-refractivity contribution >= 4 is 0 Å². The van der Waals surface area contributed by atoms with Gasteiger partial charge in [-0.05, 0) is 42.9 Å². The third kappa shape index (κ3) is 1.60. The lowest BCUT2D eigenvalue weighted by Crippen LogP contribution is -2.14. The summed E-state index contributed by atoms with van der Waals surface area (Å²) in [5, 5.41) is 0. The van der Waals surface area contributed by atoms with Crippen molar-refractivity contribution in [2.24, 2.45) is 17.3 Å². The number of fused-ring (bicyclic) bond motifs is 2. The summed E-state index contributed by atoms with van der Waals surface area (Å²) in [5.74, 6) is 2.21. The van der Waals surface area contributed by atoms with Crippen LogP contribution in [0.2, 0.25) is 0 Å². The van der Waals surface area contributed by atoms with Gasteiger partial charge in [-0.25, -0.2) is 0 Å². The third-order valence-corrected chi connectivity index (χ3v) is 3.72. The quantitative estimate of drug-likeness (QED) is 0.497. The second-order valence-corrected chi connectivity index (χ2v) is 5.45. The van der Waals surface area contributed by atoms with E-state index in [2.05, 4.69) is 13.8 Å². The molecule has 2 saturated carbocycles. The highest BCUT2D eigenvalue weighted by Gasteiger charge is 2.34. The zero-order valence-corrected chi connectivity index (χ0v) is 7.90. The van der Waals surface area contributed by atoms with Gasteiger partial charge >= 0.3 is 0 Å². The SMILES string of the molecule is CC1(C)CCC2CCC(C2)C1. The van der Waals surface area contributed by atoms with Crippen molar-refractivity contribution in [2.45, 2.75) is 52.4 Å². The van der Waals surface area contributed by atoms with E-state index >= 15 is 0 Å². The summed E-state index contributed by atoms with van der Waals surface area (Å²) in [5.41, 5.74) is 0.667. The van der Waals surface area contributed by atoms with Crippen molar-refractivity contribution in [3.05, 3.63) is 0 Å². The largest absolute Gasteiger partial charge is 0.0599 e. The molecular weight excluding hydrogens is 132 g/mol. The molecule has 0 aromatic carbocycles. The first-order chi connectivity index (χ1) is 5.16. The standard InChI is InChI=1S/C11H20/c1-11(2)6-5-9-3-4-10(7-9)8-11/h9-10H,3-8H2,1-2H3. The average Bonchev–Trinajstić information content (AvgIpc) is 2.24. The van der Waals surface area contributed by atoms with E-state index in [0.29, 0.717) is 5.41 Å². The van der Waals surface area contributed by atoms with Gasteiger partial charge in [0, 0.05) is 0 Å². The summed E-state index contributed by atoms with van der Waals surface area (Å²) < 4.78 is 0. The molecule has 0 aromatic heterocycles. The Hall–Kier alpha value is 0. The molecule has 0 aromatic rings. The molecule has 0 nitrogen and oxygen atoms in total. The lowest BCUT2D eigenvalue weighted by atomic mass is 9.79. The maximum Gasteiger partial charge on any atom is -0.0351 e. The van der Waals surface area contributed by atoms with Crippen molar-refractivity contribution in [3.63, 3.8) is 0 Å². The normalized spacial score (nSPS) is 42.0. The first-order valence-corrected chi connectivity index (χ1v) is 5.16. The van der Waals surface area contributed by atoms with Gasteiger partial charge in [-0.3, -0.25) is 0 Å². The fourth-order valence-corrected chi connectivity index (χ4v) is 3.10. The van der Waals surface area contributed by atoms with E-state index in [1.807, 2.05) is 0 Å². The minimum atomic E-state index is 0.667. The smallest absolute Gasteiger partial charge is 0.0351 e. The molecule has 0 amide bonds. The highest BCUT2D eigenvalue weighted by atomic mass is 14.4. The van der Waals surface area contributed by atoms with Crippen LogP contribution < -0.4 is 0 Å². The van der Waals surface area contributed by atoms with Crippen LogP contribution in [0.4, 0.5) is 0 Å². The topological polar surface area (TPSA) is 0 Å². The van der Waals surface area contributed by atoms with Crippen LogP contribution in [0.5, 0.6) is 0 Å². The Kier molecular flexibility index (Phi) is 1.74. The molecule has 2 bridgehead atoms. The van der Waals surface area contributed by atoms with Gasteiger partial charge in [0.1, 0.15) is 0 Å². The second-order valence-electron chi connectivity index (χ2n) is 5.45. The predicted molar refractivity (Wildman–Crippen MR) is 48.5 cm³/mol. The maximum absolute atomic E-state index is 2.45. The molecule has 0 saturated heterocycles. The van der Waals surface area contributed by atoms with Gasteiger partial charge in [0.15, 0.2) is 0 Å². The predicted octanol–water partition coefficient (Wildman–Crippen LogP) is 3.61. The summed E-state index contributed by atoms with van der Waals surface area (Å²) in [6.07, 6.45) is 9.14. The van der Waals surface area contributed by atoms with Gasteiger partial charge in [-0.15, -0.1) is 0 Å². The molecule has 2 aliphatic rings. The van der Waals surface area contributed by atoms with E-state index < -0.39 is 0 Å². The van der Waals surface area contributed by atoms with Gasteiger partial charge in [-0.1, -0.05) is 26.7 Å². The second kappa shape index (κ2) is 2.50. The van der Waals surface area contributed by atoms with Crippen LogP contribution in [0, 0.1) is 17.3 Å². The molecule has 2 fully saturated rings. The van der Waals surface area contributed by atoms with Crippen LogP contribution in [-0.2, 0) is 0 Å². The molecule has 11 heavy (non-hydrogen) atoms. The summed E-state index contributed by atoms with van der Waals surface area (Å²) in [7, 11) is 0. The highest BCUT2D eigenvalue weighted by Crippen LogP contribution is 2.46. The Morgan fingerprint density at radius 2 is 1.73 bits per heavy atom. The number of hydrogen-bond donors (Lipinski definition) is 0. The van der Waals surface area contributed by atoms with Crippen molar-refractivity contribution in [1.82, 2.24) is 0 Å². The van der Waals surface area contributed by atoms with Crippen LogP contribution in [0.25, 0.3) is 0 Å². The average molecular weight is 152 g/mol. The van der Waals surface area contributed by atoms with Gasteiger partial charge in [0.25, 0.3) is 0 Å². The first kappa shape index (κ1) is 7.64. The van der Waals surface area contributed by atoms with Gasteiger partial charge in [0.2, 0.25) is 0 Å². The lowest BCUT2D eigenvalue weighted by molar-refractivity contribution is 0.253. The van der Waals surface area contributed by atoms with E-state index in [1.54, 1.807) is 12.8 Å². The van der Waals surface area contributed by atoms with Crippen molar-refractivity contribution in [3.8, 4) is 0 Å². The van der Waals surface area contributed by atoms with Gasteiger partial charge < -0.3 is 0 Å². The molecule has 64 valence electrons. The fraction of sp³-hybridized carbons (Fsp3) is 1.00. The third-order valence-electron chi connectivity index (χ3n) is 3.72. The number of rotatable bonds is 0. The van der Waals surface area contributed by atoms with E-state index in [1.165, 1.54) is 25.7 Å². The van der Waals surface area contributed by atoms with Gasteiger partial charge in [0.05, 0.1) is 0 Å². The van der Waals surface area contributed by atoms with Crippen molar-refractivity contribution in [2.75, 3.05) is 0 Å². The minimum absolute atomic E-state index is 0.667. The van der Waals surface area contributed by atoms with Gasteiger partial charge in [-0.2, -0.15) is 0 Å². The summed E-state index contributed by atoms with van der Waals surface area (Å²) >= 11 is 0. The van der Waals surface area contributed by atoms with E-state index in [-0.39, 0.29) is 0 Å². The Labute approximate surface area is 70.4 Å². The summed E-state index contributed by atoms with van der Waals surface area (Å²) in [6, 6.07) is 0. The molecule has 0 heterocycles. The molecule has 2 unspecified atom stereocenters. The fourth-order valence-electron chi connectivity index (χ4n) is 3.10. The van der Waals surface area contributed by atoms with Crippen LogP contribution in [0.1, 0.15) is 52.4 Å². The summed E-state index contributed by atoms with van der Waals surface area (Å²) in [6.45, 7) is 4.90. The molecule has 0 aliphatic heterocycles. The first-order valence-electron chi connectivity index (χ1n) is 5.16.